The molecular weight excluding hydrogens is 396 g/mol. The summed E-state index contributed by atoms with van der Waals surface area (Å²) >= 11 is 1.37. The van der Waals surface area contributed by atoms with Crippen molar-refractivity contribution in [2.45, 2.75) is 42.5 Å². The molecule has 2 aromatic carbocycles. The Kier molecular flexibility index (Phi) is 6.69. The van der Waals surface area contributed by atoms with Gasteiger partial charge in [-0.05, 0) is 35.7 Å². The summed E-state index contributed by atoms with van der Waals surface area (Å²) in [4.78, 5) is 17.8. The number of hydrogen-bond donors (Lipinski definition) is 2. The summed E-state index contributed by atoms with van der Waals surface area (Å²) < 4.78 is 5.18. The van der Waals surface area contributed by atoms with Crippen LogP contribution in [-0.2, 0) is 11.2 Å². The third-order valence-electron chi connectivity index (χ3n) is 5.39. The minimum absolute atomic E-state index is 0.112. The number of thioether (sulfide) groups is 1. The van der Waals surface area contributed by atoms with E-state index in [1.807, 2.05) is 54.6 Å². The minimum Gasteiger partial charge on any atom is -0.497 e. The van der Waals surface area contributed by atoms with Crippen molar-refractivity contribution in [1.82, 2.24) is 15.2 Å². The third-order valence-corrected chi connectivity index (χ3v) is 6.50. The summed E-state index contributed by atoms with van der Waals surface area (Å²) in [6, 6.07) is 17.0. The van der Waals surface area contributed by atoms with Crippen LogP contribution in [-0.4, -0.2) is 28.2 Å². The van der Waals surface area contributed by atoms with E-state index >= 15 is 0 Å². The first-order valence-corrected chi connectivity index (χ1v) is 11.2. The molecule has 0 aliphatic heterocycles. The molecule has 0 spiro atoms. The third kappa shape index (κ3) is 5.21. The number of benzene rings is 2. The van der Waals surface area contributed by atoms with Gasteiger partial charge in [-0.2, -0.15) is 0 Å². The zero-order valence-electron chi connectivity index (χ0n) is 17.0. The van der Waals surface area contributed by atoms with Crippen LogP contribution in [0.4, 0.5) is 5.69 Å². The molecule has 0 bridgehead atoms. The van der Waals surface area contributed by atoms with Crippen molar-refractivity contribution in [1.29, 1.82) is 0 Å². The van der Waals surface area contributed by atoms with Gasteiger partial charge in [0.2, 0.25) is 11.1 Å². The van der Waals surface area contributed by atoms with E-state index in [0.29, 0.717) is 11.1 Å². The van der Waals surface area contributed by atoms with E-state index in [2.05, 4.69) is 20.5 Å². The fraction of sp³-hybridized carbons (Fsp3) is 0.348. The summed E-state index contributed by atoms with van der Waals surface area (Å²) in [5.41, 5.74) is 1.63. The lowest BCUT2D eigenvalue weighted by Gasteiger charge is -2.15. The molecule has 1 aliphatic rings. The number of aromatic nitrogens is 3. The van der Waals surface area contributed by atoms with Gasteiger partial charge in [0.05, 0.1) is 7.11 Å². The van der Waals surface area contributed by atoms with Crippen LogP contribution in [0.15, 0.2) is 59.8 Å². The number of ether oxygens (including phenoxy) is 1. The first kappa shape index (κ1) is 20.5. The largest absolute Gasteiger partial charge is 0.497 e. The highest BCUT2D eigenvalue weighted by molar-refractivity contribution is 8.00. The summed E-state index contributed by atoms with van der Waals surface area (Å²) in [6.07, 6.45) is 6.08. The van der Waals surface area contributed by atoms with Crippen LogP contribution in [0, 0.1) is 5.92 Å². The number of nitrogens with one attached hydrogen (secondary N) is 2. The topological polar surface area (TPSA) is 79.9 Å². The Hall–Kier alpha value is -2.80. The second kappa shape index (κ2) is 9.80. The maximum absolute atomic E-state index is 13.1. The Balaban J connectivity index is 1.48. The quantitative estimate of drug-likeness (QED) is 0.498. The van der Waals surface area contributed by atoms with Crippen molar-refractivity contribution in [3.8, 4) is 5.75 Å². The molecule has 1 aromatic heterocycles. The SMILES string of the molecule is COc1ccc(NC(=O)C(Sc2n[nH]c(CC3CCCC3)n2)c2ccccc2)cc1. The lowest BCUT2D eigenvalue weighted by atomic mass is 10.0. The Labute approximate surface area is 180 Å². The molecule has 156 valence electrons. The fourth-order valence-corrected chi connectivity index (χ4v) is 4.73. The van der Waals surface area contributed by atoms with E-state index in [4.69, 9.17) is 4.74 Å². The van der Waals surface area contributed by atoms with Gasteiger partial charge in [0.15, 0.2) is 0 Å². The van der Waals surface area contributed by atoms with Crippen LogP contribution >= 0.6 is 11.8 Å². The fourth-order valence-electron chi connectivity index (χ4n) is 3.80. The van der Waals surface area contributed by atoms with Crippen molar-refractivity contribution in [3.05, 3.63) is 66.0 Å². The molecule has 30 heavy (non-hydrogen) atoms. The van der Waals surface area contributed by atoms with Crippen LogP contribution in [0.5, 0.6) is 5.75 Å². The van der Waals surface area contributed by atoms with Crippen molar-refractivity contribution < 1.29 is 9.53 Å². The van der Waals surface area contributed by atoms with Gasteiger partial charge in [-0.1, -0.05) is 67.8 Å². The molecule has 1 aliphatic carbocycles. The predicted molar refractivity (Wildman–Crippen MR) is 119 cm³/mol. The highest BCUT2D eigenvalue weighted by atomic mass is 32.2. The van der Waals surface area contributed by atoms with Crippen molar-refractivity contribution in [2.24, 2.45) is 5.92 Å². The molecule has 1 amide bonds. The Morgan fingerprint density at radius 2 is 1.90 bits per heavy atom. The van der Waals surface area contributed by atoms with Crippen molar-refractivity contribution >= 4 is 23.4 Å². The molecule has 1 atom stereocenters. The van der Waals surface area contributed by atoms with E-state index in [9.17, 15) is 4.79 Å². The number of hydrogen-bond acceptors (Lipinski definition) is 5. The molecule has 0 saturated heterocycles. The first-order valence-electron chi connectivity index (χ1n) is 10.3. The number of nitrogens with zero attached hydrogens (tertiary/aromatic N) is 2. The van der Waals surface area contributed by atoms with Crippen molar-refractivity contribution in [3.63, 3.8) is 0 Å². The number of carbonyl (C=O) groups is 1. The average molecular weight is 423 g/mol. The van der Waals surface area contributed by atoms with E-state index in [0.717, 1.165) is 29.2 Å². The molecule has 1 fully saturated rings. The standard InChI is InChI=1S/C23H26N4O2S/c1-29-19-13-11-18(12-14-19)24-22(28)21(17-9-3-2-4-10-17)30-23-25-20(26-27-23)15-16-7-5-6-8-16/h2-4,9-14,16,21H,5-8,15H2,1H3,(H,24,28)(H,25,26,27). The van der Waals surface area contributed by atoms with Crippen LogP contribution in [0.2, 0.25) is 0 Å². The van der Waals surface area contributed by atoms with Crippen LogP contribution in [0.1, 0.15) is 42.3 Å². The summed E-state index contributed by atoms with van der Waals surface area (Å²) in [5.74, 6) is 2.24. The van der Waals surface area contributed by atoms with Gasteiger partial charge < -0.3 is 10.1 Å². The molecule has 1 unspecified atom stereocenters. The number of methoxy groups -OCH3 is 1. The average Bonchev–Trinajstić information content (AvgIpc) is 3.45. The van der Waals surface area contributed by atoms with Gasteiger partial charge >= 0.3 is 0 Å². The van der Waals surface area contributed by atoms with Crippen LogP contribution < -0.4 is 10.1 Å². The Morgan fingerprint density at radius 3 is 2.60 bits per heavy atom. The molecule has 0 radical (unpaired) electrons. The highest BCUT2D eigenvalue weighted by Crippen LogP contribution is 2.35. The van der Waals surface area contributed by atoms with Gasteiger partial charge in [-0.25, -0.2) is 4.98 Å². The number of rotatable bonds is 8. The maximum atomic E-state index is 13.1. The van der Waals surface area contributed by atoms with Crippen molar-refractivity contribution in [2.75, 3.05) is 12.4 Å². The van der Waals surface area contributed by atoms with E-state index in [1.54, 1.807) is 7.11 Å². The number of carbonyl (C=O) groups excluding carboxylic acids is 1. The minimum atomic E-state index is -0.455. The molecule has 1 heterocycles. The van der Waals surface area contributed by atoms with E-state index in [1.165, 1.54) is 37.4 Å². The molecule has 6 nitrogen and oxygen atoms in total. The second-order valence-corrected chi connectivity index (χ2v) is 8.62. The van der Waals surface area contributed by atoms with Gasteiger partial charge in [0, 0.05) is 12.1 Å². The highest BCUT2D eigenvalue weighted by Gasteiger charge is 2.25. The smallest absolute Gasteiger partial charge is 0.242 e. The normalized spacial score (nSPS) is 15.1. The number of anilines is 1. The molecule has 2 N–H and O–H groups in total. The lowest BCUT2D eigenvalue weighted by molar-refractivity contribution is -0.115. The second-order valence-electron chi connectivity index (χ2n) is 7.55. The molecule has 7 heteroatoms. The van der Waals surface area contributed by atoms with Crippen LogP contribution in [0.25, 0.3) is 0 Å². The van der Waals surface area contributed by atoms with Crippen LogP contribution in [0.3, 0.4) is 0 Å². The summed E-state index contributed by atoms with van der Waals surface area (Å²) in [7, 11) is 1.62. The maximum Gasteiger partial charge on any atom is 0.242 e. The Morgan fingerprint density at radius 1 is 1.17 bits per heavy atom. The molecule has 4 rings (SSSR count). The zero-order chi connectivity index (χ0) is 20.8. The van der Waals surface area contributed by atoms with Gasteiger partial charge in [0.25, 0.3) is 0 Å². The lowest BCUT2D eigenvalue weighted by Crippen LogP contribution is -2.19. The zero-order valence-corrected chi connectivity index (χ0v) is 17.8. The Bertz CT molecular complexity index is 953. The van der Waals surface area contributed by atoms with E-state index < -0.39 is 5.25 Å². The van der Waals surface area contributed by atoms with Gasteiger partial charge in [-0.15, -0.1) is 5.10 Å². The van der Waals surface area contributed by atoms with E-state index in [-0.39, 0.29) is 5.91 Å². The number of aromatic amines is 1. The monoisotopic (exact) mass is 422 g/mol. The summed E-state index contributed by atoms with van der Waals surface area (Å²) in [5, 5.41) is 10.6. The van der Waals surface area contributed by atoms with Gasteiger partial charge in [-0.3, -0.25) is 9.89 Å². The number of amides is 1. The number of H-pyrrole nitrogens is 1. The molecule has 3 aromatic rings. The first-order chi connectivity index (χ1) is 14.7. The molecule has 1 saturated carbocycles. The summed E-state index contributed by atoms with van der Waals surface area (Å²) in [6.45, 7) is 0. The molecular formula is C23H26N4O2S. The predicted octanol–water partition coefficient (Wildman–Crippen LogP) is 5.02. The van der Waals surface area contributed by atoms with Gasteiger partial charge in [0.1, 0.15) is 16.8 Å².